The van der Waals surface area contributed by atoms with Crippen LogP contribution in [-0.4, -0.2) is 27.8 Å². The van der Waals surface area contributed by atoms with Gasteiger partial charge in [0.05, 0.1) is 11.6 Å². The van der Waals surface area contributed by atoms with Crippen LogP contribution in [0.4, 0.5) is 9.59 Å². The number of nitrogens with two attached hydrogens (primary N) is 1. The lowest BCUT2D eigenvalue weighted by Gasteiger charge is -2.05. The van der Waals surface area contributed by atoms with Gasteiger partial charge in [-0.25, -0.2) is 9.59 Å². The standard InChI is InChI=1S/C15H15N3O3/c16-14(19)18-7-6-12-11(2-1-3-13(12)18)9-4-5-10(8-9)17-15(20)21/h1-3,6-8,10,17H,4-5H2,(H2,16,19)(H,20,21). The third-order valence-electron chi connectivity index (χ3n) is 3.75. The van der Waals surface area contributed by atoms with Crippen LogP contribution in [0.25, 0.3) is 16.5 Å². The van der Waals surface area contributed by atoms with Crippen molar-refractivity contribution in [3.8, 4) is 0 Å². The molecule has 21 heavy (non-hydrogen) atoms. The number of carbonyl (C=O) groups excluding carboxylic acids is 1. The van der Waals surface area contributed by atoms with E-state index in [1.165, 1.54) is 4.57 Å². The fraction of sp³-hybridized carbons (Fsp3) is 0.200. The Morgan fingerprint density at radius 3 is 2.86 bits per heavy atom. The summed E-state index contributed by atoms with van der Waals surface area (Å²) in [7, 11) is 0. The van der Waals surface area contributed by atoms with Crippen molar-refractivity contribution < 1.29 is 14.7 Å². The zero-order valence-electron chi connectivity index (χ0n) is 11.2. The second-order valence-corrected chi connectivity index (χ2v) is 5.05. The summed E-state index contributed by atoms with van der Waals surface area (Å²) in [5, 5.41) is 12.2. The van der Waals surface area contributed by atoms with Crippen LogP contribution in [0, 0.1) is 0 Å². The zero-order chi connectivity index (χ0) is 15.0. The van der Waals surface area contributed by atoms with Crippen LogP contribution in [-0.2, 0) is 0 Å². The minimum Gasteiger partial charge on any atom is -0.465 e. The normalized spacial score (nSPS) is 17.7. The number of allylic oxidation sites excluding steroid dienone is 1. The van der Waals surface area contributed by atoms with Gasteiger partial charge in [-0.15, -0.1) is 0 Å². The minimum atomic E-state index is -1.02. The highest BCUT2D eigenvalue weighted by Crippen LogP contribution is 2.33. The maximum atomic E-state index is 11.4. The molecular weight excluding hydrogens is 270 g/mol. The molecule has 1 heterocycles. The third-order valence-corrected chi connectivity index (χ3v) is 3.75. The number of hydrogen-bond acceptors (Lipinski definition) is 2. The molecule has 1 aromatic heterocycles. The lowest BCUT2D eigenvalue weighted by molar-refractivity contribution is 0.192. The number of carbonyl (C=O) groups is 2. The van der Waals surface area contributed by atoms with E-state index in [1.807, 2.05) is 30.3 Å². The smallest absolute Gasteiger partial charge is 0.405 e. The summed E-state index contributed by atoms with van der Waals surface area (Å²) in [5.74, 6) is 0. The van der Waals surface area contributed by atoms with Gasteiger partial charge in [-0.05, 0) is 36.1 Å². The van der Waals surface area contributed by atoms with Crippen molar-refractivity contribution in [1.29, 1.82) is 0 Å². The molecule has 0 spiro atoms. The number of nitrogens with zero attached hydrogens (tertiary/aromatic N) is 1. The first kappa shape index (κ1) is 13.2. The van der Waals surface area contributed by atoms with E-state index in [-0.39, 0.29) is 6.04 Å². The van der Waals surface area contributed by atoms with Gasteiger partial charge in [0.1, 0.15) is 0 Å². The van der Waals surface area contributed by atoms with Gasteiger partial charge in [0, 0.05) is 11.6 Å². The quantitative estimate of drug-likeness (QED) is 0.790. The number of rotatable bonds is 2. The van der Waals surface area contributed by atoms with Gasteiger partial charge < -0.3 is 16.2 Å². The molecule has 1 atom stereocenters. The number of primary amides is 1. The van der Waals surface area contributed by atoms with Gasteiger partial charge in [-0.3, -0.25) is 4.57 Å². The van der Waals surface area contributed by atoms with Crippen LogP contribution in [0.5, 0.6) is 0 Å². The van der Waals surface area contributed by atoms with Gasteiger partial charge in [0.2, 0.25) is 0 Å². The van der Waals surface area contributed by atoms with Crippen molar-refractivity contribution in [3.63, 3.8) is 0 Å². The zero-order valence-corrected chi connectivity index (χ0v) is 11.2. The highest BCUT2D eigenvalue weighted by Gasteiger charge is 2.20. The molecule has 1 unspecified atom stereocenters. The van der Waals surface area contributed by atoms with Gasteiger partial charge in [-0.2, -0.15) is 0 Å². The fourth-order valence-electron chi connectivity index (χ4n) is 2.86. The van der Waals surface area contributed by atoms with Crippen molar-refractivity contribution in [2.45, 2.75) is 18.9 Å². The molecule has 0 saturated heterocycles. The largest absolute Gasteiger partial charge is 0.465 e. The first-order valence-electron chi connectivity index (χ1n) is 6.66. The maximum Gasteiger partial charge on any atom is 0.405 e. The Balaban J connectivity index is 2.02. The molecule has 0 saturated carbocycles. The number of amides is 2. The summed E-state index contributed by atoms with van der Waals surface area (Å²) < 4.78 is 1.40. The van der Waals surface area contributed by atoms with Crippen molar-refractivity contribution in [2.24, 2.45) is 5.73 Å². The van der Waals surface area contributed by atoms with Crippen LogP contribution < -0.4 is 11.1 Å². The fourth-order valence-corrected chi connectivity index (χ4v) is 2.86. The number of hydrogen-bond donors (Lipinski definition) is 3. The summed E-state index contributed by atoms with van der Waals surface area (Å²) in [6, 6.07) is 6.86. The summed E-state index contributed by atoms with van der Waals surface area (Å²) in [6.45, 7) is 0. The van der Waals surface area contributed by atoms with Crippen molar-refractivity contribution in [3.05, 3.63) is 42.1 Å². The van der Waals surface area contributed by atoms with E-state index in [0.29, 0.717) is 0 Å². The Kier molecular flexibility index (Phi) is 3.13. The molecule has 0 radical (unpaired) electrons. The molecule has 0 fully saturated rings. The highest BCUT2D eigenvalue weighted by atomic mass is 16.4. The van der Waals surface area contributed by atoms with Crippen LogP contribution in [0.3, 0.4) is 0 Å². The van der Waals surface area contributed by atoms with Gasteiger partial charge in [-0.1, -0.05) is 18.2 Å². The molecule has 3 rings (SSSR count). The van der Waals surface area contributed by atoms with Crippen molar-refractivity contribution in [1.82, 2.24) is 9.88 Å². The van der Waals surface area contributed by atoms with Crippen LogP contribution in [0.15, 0.2) is 36.5 Å². The SMILES string of the molecule is NC(=O)n1ccc2c(C3=CC(NC(=O)O)CC3)cccc21. The van der Waals surface area contributed by atoms with E-state index in [9.17, 15) is 9.59 Å². The molecule has 2 amide bonds. The molecule has 2 aromatic rings. The van der Waals surface area contributed by atoms with Crippen molar-refractivity contribution >= 4 is 28.6 Å². The second-order valence-electron chi connectivity index (χ2n) is 5.05. The summed E-state index contributed by atoms with van der Waals surface area (Å²) in [5.41, 5.74) is 8.20. The summed E-state index contributed by atoms with van der Waals surface area (Å²) in [6.07, 6.45) is 4.11. The predicted octanol–water partition coefficient (Wildman–Crippen LogP) is 2.38. The first-order chi connectivity index (χ1) is 10.1. The van der Waals surface area contributed by atoms with Crippen molar-refractivity contribution in [2.75, 3.05) is 0 Å². The lowest BCUT2D eigenvalue weighted by Crippen LogP contribution is -2.30. The Morgan fingerprint density at radius 1 is 1.33 bits per heavy atom. The molecule has 4 N–H and O–H groups in total. The molecule has 6 heteroatoms. The first-order valence-corrected chi connectivity index (χ1v) is 6.66. The Hall–Kier alpha value is -2.76. The molecule has 6 nitrogen and oxygen atoms in total. The molecular formula is C15H15N3O3. The molecule has 0 aliphatic heterocycles. The van der Waals surface area contributed by atoms with E-state index < -0.39 is 12.1 Å². The number of nitrogens with one attached hydrogen (secondary N) is 1. The molecule has 1 aliphatic rings. The molecule has 108 valence electrons. The Labute approximate surface area is 120 Å². The maximum absolute atomic E-state index is 11.4. The second kappa shape index (κ2) is 4.97. The summed E-state index contributed by atoms with van der Waals surface area (Å²) >= 11 is 0. The number of carboxylic acid groups (broad SMARTS) is 1. The Morgan fingerprint density at radius 2 is 2.14 bits per heavy atom. The van der Waals surface area contributed by atoms with E-state index in [2.05, 4.69) is 5.32 Å². The molecule has 0 bridgehead atoms. The Bertz CT molecular complexity index is 761. The van der Waals surface area contributed by atoms with Gasteiger partial charge in [0.25, 0.3) is 0 Å². The van der Waals surface area contributed by atoms with E-state index in [4.69, 9.17) is 10.8 Å². The molecule has 1 aromatic carbocycles. The number of benzene rings is 1. The average molecular weight is 285 g/mol. The van der Waals surface area contributed by atoms with Crippen LogP contribution in [0.1, 0.15) is 18.4 Å². The topological polar surface area (TPSA) is 97.4 Å². The van der Waals surface area contributed by atoms with E-state index >= 15 is 0 Å². The minimum absolute atomic E-state index is 0.161. The van der Waals surface area contributed by atoms with Gasteiger partial charge >= 0.3 is 12.1 Å². The van der Waals surface area contributed by atoms with Crippen LogP contribution in [0.2, 0.25) is 0 Å². The summed E-state index contributed by atoms with van der Waals surface area (Å²) in [4.78, 5) is 22.1. The lowest BCUT2D eigenvalue weighted by atomic mass is 10.0. The van der Waals surface area contributed by atoms with E-state index in [1.54, 1.807) is 6.20 Å². The van der Waals surface area contributed by atoms with Gasteiger partial charge in [0.15, 0.2) is 0 Å². The van der Waals surface area contributed by atoms with E-state index in [0.717, 1.165) is 34.9 Å². The number of aromatic nitrogens is 1. The predicted molar refractivity (Wildman–Crippen MR) is 79.1 cm³/mol. The third kappa shape index (κ3) is 2.35. The number of fused-ring (bicyclic) bond motifs is 1. The van der Waals surface area contributed by atoms with Crippen LogP contribution >= 0.6 is 0 Å². The highest BCUT2D eigenvalue weighted by molar-refractivity contribution is 5.97. The monoisotopic (exact) mass is 285 g/mol. The average Bonchev–Trinajstić information content (AvgIpc) is 3.03. The molecule has 1 aliphatic carbocycles.